The average Bonchev–Trinajstić information content (AvgIpc) is 3.34. The van der Waals surface area contributed by atoms with E-state index in [0.29, 0.717) is 22.5 Å². The molecule has 1 N–H and O–H groups in total. The van der Waals surface area contributed by atoms with Gasteiger partial charge in [0.05, 0.1) is 11.4 Å². The molecule has 4 rings (SSSR count). The highest BCUT2D eigenvalue weighted by Gasteiger charge is 2.14. The van der Waals surface area contributed by atoms with Crippen LogP contribution in [-0.4, -0.2) is 38.7 Å². The number of nitrogens with one attached hydrogen (secondary N) is 1. The fraction of sp³-hybridized carbons (Fsp3) is 0.176. The van der Waals surface area contributed by atoms with Gasteiger partial charge in [0, 0.05) is 11.6 Å². The number of hydrogen-bond donors (Lipinski definition) is 1. The Morgan fingerprint density at radius 1 is 1.19 bits per heavy atom. The van der Waals surface area contributed by atoms with Gasteiger partial charge in [-0.1, -0.05) is 29.4 Å². The van der Waals surface area contributed by atoms with E-state index in [9.17, 15) is 4.79 Å². The summed E-state index contributed by atoms with van der Waals surface area (Å²) in [4.78, 5) is 12.2. The van der Waals surface area contributed by atoms with Crippen LogP contribution in [0.4, 0.5) is 0 Å². The molecule has 0 bridgehead atoms. The lowest BCUT2D eigenvalue weighted by atomic mass is 10.2. The molecule has 1 amide bonds. The second kappa shape index (κ2) is 7.85. The van der Waals surface area contributed by atoms with Crippen molar-refractivity contribution in [1.82, 2.24) is 25.5 Å². The molecule has 1 aromatic heterocycles. The summed E-state index contributed by atoms with van der Waals surface area (Å²) in [5.74, 6) is 1.48. The number of tetrazole rings is 1. The van der Waals surface area contributed by atoms with Crippen molar-refractivity contribution in [3.8, 4) is 17.2 Å². The van der Waals surface area contributed by atoms with Crippen LogP contribution in [0.1, 0.15) is 5.56 Å². The predicted molar refractivity (Wildman–Crippen MR) is 99.3 cm³/mol. The molecule has 0 saturated heterocycles. The van der Waals surface area contributed by atoms with Gasteiger partial charge in [0.15, 0.2) is 11.5 Å². The highest BCUT2D eigenvalue weighted by atomic mass is 35.5. The number of hydrogen-bond acceptors (Lipinski definition) is 7. The smallest absolute Gasteiger partial charge is 0.231 e. The molecule has 0 radical (unpaired) electrons. The van der Waals surface area contributed by atoms with Crippen LogP contribution in [0.3, 0.4) is 0 Å². The summed E-state index contributed by atoms with van der Waals surface area (Å²) in [5.41, 5.74) is 1.70. The van der Waals surface area contributed by atoms with Crippen LogP contribution in [0.2, 0.25) is 5.02 Å². The normalized spacial score (nSPS) is 12.2. The molecule has 0 aliphatic carbocycles. The Hall–Kier alpha value is -2.78. The Balaban J connectivity index is 1.32. The Kier molecular flexibility index (Phi) is 5.12. The lowest BCUT2D eigenvalue weighted by molar-refractivity contribution is -0.118. The number of thioether (sulfide) groups is 1. The van der Waals surface area contributed by atoms with Gasteiger partial charge in [-0.25, -0.2) is 0 Å². The zero-order valence-corrected chi connectivity index (χ0v) is 15.5. The van der Waals surface area contributed by atoms with E-state index in [2.05, 4.69) is 20.8 Å². The van der Waals surface area contributed by atoms with Crippen LogP contribution < -0.4 is 14.8 Å². The standard InChI is InChI=1S/C17H14ClN5O3S/c18-12-2-4-13(5-3-12)23-17(20-21-22-23)27-9-16(24)19-8-11-1-6-14-15(7-11)26-10-25-14/h1-7H,8-10H2,(H,19,24). The third-order valence-corrected chi connectivity index (χ3v) is 4.94. The van der Waals surface area contributed by atoms with Crippen molar-refractivity contribution >= 4 is 29.3 Å². The minimum absolute atomic E-state index is 0.122. The summed E-state index contributed by atoms with van der Waals surface area (Å²) in [7, 11) is 0. The molecule has 3 aromatic rings. The Morgan fingerprint density at radius 3 is 2.85 bits per heavy atom. The number of benzene rings is 2. The summed E-state index contributed by atoms with van der Waals surface area (Å²) in [6.07, 6.45) is 0. The van der Waals surface area contributed by atoms with E-state index in [-0.39, 0.29) is 18.5 Å². The first-order chi connectivity index (χ1) is 13.2. The fourth-order valence-electron chi connectivity index (χ4n) is 2.45. The van der Waals surface area contributed by atoms with Crippen molar-refractivity contribution in [2.45, 2.75) is 11.7 Å². The molecular formula is C17H14ClN5O3S. The van der Waals surface area contributed by atoms with Gasteiger partial charge in [0.2, 0.25) is 17.9 Å². The number of amides is 1. The summed E-state index contributed by atoms with van der Waals surface area (Å²) in [5, 5.41) is 15.6. The van der Waals surface area contributed by atoms with Gasteiger partial charge >= 0.3 is 0 Å². The summed E-state index contributed by atoms with van der Waals surface area (Å²) < 4.78 is 12.2. The van der Waals surface area contributed by atoms with Gasteiger partial charge in [-0.3, -0.25) is 4.79 Å². The van der Waals surface area contributed by atoms with E-state index >= 15 is 0 Å². The zero-order valence-electron chi connectivity index (χ0n) is 14.0. The maximum absolute atomic E-state index is 12.2. The van der Waals surface area contributed by atoms with Crippen LogP contribution in [0, 0.1) is 0 Å². The number of nitrogens with zero attached hydrogens (tertiary/aromatic N) is 4. The van der Waals surface area contributed by atoms with Crippen LogP contribution in [0.25, 0.3) is 5.69 Å². The van der Waals surface area contributed by atoms with E-state index in [4.69, 9.17) is 21.1 Å². The number of carbonyl (C=O) groups excluding carboxylic acids is 1. The van der Waals surface area contributed by atoms with Crippen LogP contribution in [-0.2, 0) is 11.3 Å². The molecule has 1 aliphatic rings. The van der Waals surface area contributed by atoms with Gasteiger partial charge in [0.1, 0.15) is 0 Å². The highest BCUT2D eigenvalue weighted by Crippen LogP contribution is 2.32. The topological polar surface area (TPSA) is 91.2 Å². The lowest BCUT2D eigenvalue weighted by Gasteiger charge is -2.07. The molecule has 0 unspecified atom stereocenters. The molecule has 0 fully saturated rings. The van der Waals surface area contributed by atoms with Crippen LogP contribution in [0.15, 0.2) is 47.6 Å². The Bertz CT molecular complexity index is 963. The third kappa shape index (κ3) is 4.15. The first-order valence-corrected chi connectivity index (χ1v) is 9.38. The van der Waals surface area contributed by atoms with Gasteiger partial charge in [-0.15, -0.1) is 5.10 Å². The quantitative estimate of drug-likeness (QED) is 0.632. The molecule has 0 saturated carbocycles. The van der Waals surface area contributed by atoms with Crippen molar-refractivity contribution in [1.29, 1.82) is 0 Å². The van der Waals surface area contributed by atoms with Crippen LogP contribution in [0.5, 0.6) is 11.5 Å². The Labute approximate surface area is 163 Å². The molecular weight excluding hydrogens is 390 g/mol. The highest BCUT2D eigenvalue weighted by molar-refractivity contribution is 7.99. The van der Waals surface area contributed by atoms with Crippen molar-refractivity contribution in [2.75, 3.05) is 12.5 Å². The predicted octanol–water partition coefficient (Wildman–Crippen LogP) is 2.45. The second-order valence-corrected chi connectivity index (χ2v) is 6.98. The van der Waals surface area contributed by atoms with E-state index in [1.165, 1.54) is 11.8 Å². The molecule has 10 heteroatoms. The summed E-state index contributed by atoms with van der Waals surface area (Å²) >= 11 is 7.15. The van der Waals surface area contributed by atoms with Crippen molar-refractivity contribution < 1.29 is 14.3 Å². The fourth-order valence-corrected chi connectivity index (χ4v) is 3.29. The number of fused-ring (bicyclic) bond motifs is 1. The average molecular weight is 404 g/mol. The first-order valence-electron chi connectivity index (χ1n) is 8.01. The molecule has 2 aromatic carbocycles. The summed E-state index contributed by atoms with van der Waals surface area (Å²) in [6.45, 7) is 0.627. The summed E-state index contributed by atoms with van der Waals surface area (Å²) in [6, 6.07) is 12.7. The monoisotopic (exact) mass is 403 g/mol. The van der Waals surface area contributed by atoms with Crippen molar-refractivity contribution in [2.24, 2.45) is 0 Å². The first kappa shape index (κ1) is 17.6. The molecule has 0 atom stereocenters. The molecule has 1 aliphatic heterocycles. The molecule has 8 nitrogen and oxygen atoms in total. The molecule has 0 spiro atoms. The number of carbonyl (C=O) groups is 1. The van der Waals surface area contributed by atoms with Crippen molar-refractivity contribution in [3.63, 3.8) is 0 Å². The SMILES string of the molecule is O=C(CSc1nnnn1-c1ccc(Cl)cc1)NCc1ccc2c(c1)OCO2. The lowest BCUT2D eigenvalue weighted by Crippen LogP contribution is -2.24. The number of ether oxygens (including phenoxy) is 2. The maximum atomic E-state index is 12.2. The van der Waals surface area contributed by atoms with E-state index in [0.717, 1.165) is 17.0 Å². The van der Waals surface area contributed by atoms with Crippen LogP contribution >= 0.6 is 23.4 Å². The minimum atomic E-state index is -0.122. The Morgan fingerprint density at radius 2 is 2.00 bits per heavy atom. The zero-order chi connectivity index (χ0) is 18.6. The van der Waals surface area contributed by atoms with Crippen molar-refractivity contribution in [3.05, 3.63) is 53.1 Å². The van der Waals surface area contributed by atoms with E-state index in [1.807, 2.05) is 30.3 Å². The molecule has 27 heavy (non-hydrogen) atoms. The molecule has 138 valence electrons. The number of rotatable bonds is 6. The van der Waals surface area contributed by atoms with Gasteiger partial charge < -0.3 is 14.8 Å². The van der Waals surface area contributed by atoms with E-state index in [1.54, 1.807) is 16.8 Å². The minimum Gasteiger partial charge on any atom is -0.454 e. The largest absolute Gasteiger partial charge is 0.454 e. The third-order valence-electron chi connectivity index (χ3n) is 3.77. The van der Waals surface area contributed by atoms with Gasteiger partial charge in [0.25, 0.3) is 0 Å². The second-order valence-electron chi connectivity index (χ2n) is 5.60. The van der Waals surface area contributed by atoms with E-state index < -0.39 is 0 Å². The number of aromatic nitrogens is 4. The molecule has 2 heterocycles. The maximum Gasteiger partial charge on any atom is 0.231 e. The number of halogens is 1. The van der Waals surface area contributed by atoms with Gasteiger partial charge in [-0.2, -0.15) is 4.68 Å². The van der Waals surface area contributed by atoms with Gasteiger partial charge in [-0.05, 0) is 52.4 Å².